The number of likely N-dealkylation sites (tertiary alicyclic amines) is 1. The molecule has 1 saturated heterocycles. The first-order valence-electron chi connectivity index (χ1n) is 6.22. The zero-order valence-electron chi connectivity index (χ0n) is 10.5. The maximum atomic E-state index is 2.65. The van der Waals surface area contributed by atoms with E-state index in [1.807, 2.05) is 0 Å². The Balaban J connectivity index is 2.10. The normalized spacial score (nSPS) is 22.9. The van der Waals surface area contributed by atoms with E-state index in [0.717, 1.165) is 5.92 Å². The SMILES string of the molecule is CC(C)CCCN1CCC(C)(C)CC1. The second-order valence-corrected chi connectivity index (χ2v) is 6.04. The van der Waals surface area contributed by atoms with Gasteiger partial charge in [0.25, 0.3) is 0 Å². The van der Waals surface area contributed by atoms with Crippen LogP contribution >= 0.6 is 0 Å². The molecule has 1 fully saturated rings. The predicted octanol–water partition coefficient (Wildman–Crippen LogP) is 3.54. The maximum absolute atomic E-state index is 2.65. The lowest BCUT2D eigenvalue weighted by Crippen LogP contribution is -2.37. The average Bonchev–Trinajstić information content (AvgIpc) is 2.07. The van der Waals surface area contributed by atoms with Crippen LogP contribution in [0.2, 0.25) is 0 Å². The van der Waals surface area contributed by atoms with E-state index in [-0.39, 0.29) is 0 Å². The molecule has 0 aromatic carbocycles. The lowest BCUT2D eigenvalue weighted by atomic mass is 9.82. The third kappa shape index (κ3) is 4.45. The second kappa shape index (κ2) is 5.16. The van der Waals surface area contributed by atoms with Crippen molar-refractivity contribution in [2.75, 3.05) is 19.6 Å². The van der Waals surface area contributed by atoms with Gasteiger partial charge in [-0.1, -0.05) is 27.7 Å². The van der Waals surface area contributed by atoms with Crippen LogP contribution in [0.25, 0.3) is 0 Å². The van der Waals surface area contributed by atoms with Crippen LogP contribution < -0.4 is 0 Å². The molecule has 0 atom stereocenters. The van der Waals surface area contributed by atoms with E-state index < -0.39 is 0 Å². The number of hydrogen-bond acceptors (Lipinski definition) is 1. The topological polar surface area (TPSA) is 3.24 Å². The molecule has 0 N–H and O–H groups in total. The van der Waals surface area contributed by atoms with Crippen molar-refractivity contribution in [1.29, 1.82) is 0 Å². The summed E-state index contributed by atoms with van der Waals surface area (Å²) in [6.07, 6.45) is 5.54. The highest BCUT2D eigenvalue weighted by Crippen LogP contribution is 2.29. The molecule has 84 valence electrons. The molecule has 1 nitrogen and oxygen atoms in total. The molecule has 0 spiro atoms. The molecule has 0 aliphatic carbocycles. The van der Waals surface area contributed by atoms with Crippen LogP contribution in [-0.4, -0.2) is 24.5 Å². The lowest BCUT2D eigenvalue weighted by Gasteiger charge is -2.37. The van der Waals surface area contributed by atoms with Crippen LogP contribution in [-0.2, 0) is 0 Å². The van der Waals surface area contributed by atoms with Gasteiger partial charge in [0.1, 0.15) is 0 Å². The largest absolute Gasteiger partial charge is 0.303 e. The van der Waals surface area contributed by atoms with Crippen molar-refractivity contribution in [2.24, 2.45) is 11.3 Å². The van der Waals surface area contributed by atoms with E-state index in [2.05, 4.69) is 32.6 Å². The van der Waals surface area contributed by atoms with Gasteiger partial charge in [-0.15, -0.1) is 0 Å². The fourth-order valence-corrected chi connectivity index (χ4v) is 2.11. The minimum Gasteiger partial charge on any atom is -0.303 e. The number of rotatable bonds is 4. The van der Waals surface area contributed by atoms with E-state index in [1.54, 1.807) is 0 Å². The van der Waals surface area contributed by atoms with Crippen LogP contribution in [0.1, 0.15) is 53.4 Å². The van der Waals surface area contributed by atoms with E-state index in [1.165, 1.54) is 45.3 Å². The summed E-state index contributed by atoms with van der Waals surface area (Å²) in [5, 5.41) is 0. The van der Waals surface area contributed by atoms with Crippen LogP contribution in [0.3, 0.4) is 0 Å². The summed E-state index contributed by atoms with van der Waals surface area (Å²) in [5.74, 6) is 0.872. The lowest BCUT2D eigenvalue weighted by molar-refractivity contribution is 0.130. The molecule has 1 rings (SSSR count). The first kappa shape index (κ1) is 12.0. The van der Waals surface area contributed by atoms with Gasteiger partial charge in [-0.3, -0.25) is 0 Å². The molecular weight excluding hydrogens is 170 g/mol. The molecule has 1 aliphatic rings. The van der Waals surface area contributed by atoms with E-state index in [4.69, 9.17) is 0 Å². The van der Waals surface area contributed by atoms with E-state index >= 15 is 0 Å². The average molecular weight is 197 g/mol. The molecule has 1 heterocycles. The Hall–Kier alpha value is -0.0400. The molecule has 0 amide bonds. The Labute approximate surface area is 89.9 Å². The third-order valence-electron chi connectivity index (χ3n) is 3.47. The Morgan fingerprint density at radius 2 is 1.71 bits per heavy atom. The van der Waals surface area contributed by atoms with E-state index in [9.17, 15) is 0 Å². The number of piperidine rings is 1. The highest BCUT2D eigenvalue weighted by molar-refractivity contribution is 4.78. The van der Waals surface area contributed by atoms with Crippen LogP contribution in [0.15, 0.2) is 0 Å². The van der Waals surface area contributed by atoms with Gasteiger partial charge in [0, 0.05) is 0 Å². The van der Waals surface area contributed by atoms with Crippen molar-refractivity contribution in [2.45, 2.75) is 53.4 Å². The molecule has 0 aromatic rings. The first-order chi connectivity index (χ1) is 6.49. The van der Waals surface area contributed by atoms with Gasteiger partial charge >= 0.3 is 0 Å². The van der Waals surface area contributed by atoms with Crippen LogP contribution in [0.5, 0.6) is 0 Å². The zero-order valence-corrected chi connectivity index (χ0v) is 10.5. The van der Waals surface area contributed by atoms with Gasteiger partial charge < -0.3 is 4.90 Å². The van der Waals surface area contributed by atoms with Crippen LogP contribution in [0.4, 0.5) is 0 Å². The molecule has 1 heteroatoms. The first-order valence-corrected chi connectivity index (χ1v) is 6.22. The van der Waals surface area contributed by atoms with Crippen molar-refractivity contribution >= 4 is 0 Å². The Morgan fingerprint density at radius 3 is 2.21 bits per heavy atom. The molecule has 1 aliphatic heterocycles. The fraction of sp³-hybridized carbons (Fsp3) is 1.00. The van der Waals surface area contributed by atoms with Gasteiger partial charge in [0.2, 0.25) is 0 Å². The smallest absolute Gasteiger partial charge is 0.00136 e. The molecule has 0 unspecified atom stereocenters. The molecule has 0 radical (unpaired) electrons. The maximum Gasteiger partial charge on any atom is -0.00136 e. The monoisotopic (exact) mass is 197 g/mol. The minimum absolute atomic E-state index is 0.606. The van der Waals surface area contributed by atoms with Gasteiger partial charge in [-0.2, -0.15) is 0 Å². The van der Waals surface area contributed by atoms with Crippen molar-refractivity contribution < 1.29 is 0 Å². The quantitative estimate of drug-likeness (QED) is 0.666. The van der Waals surface area contributed by atoms with Crippen molar-refractivity contribution in [3.63, 3.8) is 0 Å². The molecule has 14 heavy (non-hydrogen) atoms. The zero-order chi connectivity index (χ0) is 10.6. The van der Waals surface area contributed by atoms with E-state index in [0.29, 0.717) is 5.41 Å². The van der Waals surface area contributed by atoms with Crippen molar-refractivity contribution in [3.05, 3.63) is 0 Å². The summed E-state index contributed by atoms with van der Waals surface area (Å²) in [6.45, 7) is 13.4. The summed E-state index contributed by atoms with van der Waals surface area (Å²) in [5.41, 5.74) is 0.606. The van der Waals surface area contributed by atoms with Gasteiger partial charge in [-0.05, 0) is 56.7 Å². The Kier molecular flexibility index (Phi) is 4.43. The molecule has 0 bridgehead atoms. The van der Waals surface area contributed by atoms with Gasteiger partial charge in [0.05, 0.1) is 0 Å². The second-order valence-electron chi connectivity index (χ2n) is 6.04. The minimum atomic E-state index is 0.606. The third-order valence-corrected chi connectivity index (χ3v) is 3.47. The summed E-state index contributed by atoms with van der Waals surface area (Å²) in [4.78, 5) is 2.65. The highest BCUT2D eigenvalue weighted by atomic mass is 15.1. The summed E-state index contributed by atoms with van der Waals surface area (Å²) < 4.78 is 0. The molecular formula is C13H27N. The van der Waals surface area contributed by atoms with Gasteiger partial charge in [0.15, 0.2) is 0 Å². The molecule has 0 aromatic heterocycles. The fourth-order valence-electron chi connectivity index (χ4n) is 2.11. The van der Waals surface area contributed by atoms with Crippen molar-refractivity contribution in [1.82, 2.24) is 4.90 Å². The summed E-state index contributed by atoms with van der Waals surface area (Å²) in [6, 6.07) is 0. The standard InChI is InChI=1S/C13H27N/c1-12(2)6-5-9-14-10-7-13(3,4)8-11-14/h12H,5-11H2,1-4H3. The Bertz CT molecular complexity index is 151. The predicted molar refractivity (Wildman–Crippen MR) is 63.5 cm³/mol. The highest BCUT2D eigenvalue weighted by Gasteiger charge is 2.24. The van der Waals surface area contributed by atoms with Gasteiger partial charge in [-0.25, -0.2) is 0 Å². The van der Waals surface area contributed by atoms with Crippen LogP contribution in [0, 0.1) is 11.3 Å². The number of nitrogens with zero attached hydrogens (tertiary/aromatic N) is 1. The van der Waals surface area contributed by atoms with Crippen molar-refractivity contribution in [3.8, 4) is 0 Å². The number of hydrogen-bond donors (Lipinski definition) is 0. The molecule has 0 saturated carbocycles. The summed E-state index contributed by atoms with van der Waals surface area (Å²) >= 11 is 0. The summed E-state index contributed by atoms with van der Waals surface area (Å²) in [7, 11) is 0. The Morgan fingerprint density at radius 1 is 1.14 bits per heavy atom.